The van der Waals surface area contributed by atoms with E-state index in [1.165, 1.54) is 39.2 Å². The fourth-order valence-electron chi connectivity index (χ4n) is 4.86. The lowest BCUT2D eigenvalue weighted by Gasteiger charge is -2.14. The molecule has 0 radical (unpaired) electrons. The van der Waals surface area contributed by atoms with Gasteiger partial charge in [-0.3, -0.25) is 4.57 Å². The third-order valence-electron chi connectivity index (χ3n) is 6.86. The molecule has 2 aromatic carbocycles. The van der Waals surface area contributed by atoms with Gasteiger partial charge in [-0.2, -0.15) is 23.5 Å². The predicted octanol–water partition coefficient (Wildman–Crippen LogP) is 4.11. The van der Waals surface area contributed by atoms with E-state index in [9.17, 15) is 28.0 Å². The van der Waals surface area contributed by atoms with Crippen LogP contribution in [-0.2, 0) is 12.7 Å². The van der Waals surface area contributed by atoms with E-state index in [2.05, 4.69) is 15.4 Å². The van der Waals surface area contributed by atoms with Gasteiger partial charge in [0.25, 0.3) is 0 Å². The molecule has 1 unspecified atom stereocenters. The number of nitriles is 1. The van der Waals surface area contributed by atoms with Crippen LogP contribution in [0.25, 0.3) is 22.8 Å². The molecule has 0 bridgehead atoms. The Morgan fingerprint density at radius 3 is 2.52 bits per heavy atom. The second-order valence-corrected chi connectivity index (χ2v) is 11.3. The van der Waals surface area contributed by atoms with E-state index in [4.69, 9.17) is 0 Å². The van der Waals surface area contributed by atoms with Crippen LogP contribution in [0.2, 0.25) is 0 Å². The standard InChI is InChI=1S/C30H27F3N8O2S/c1-18(27-37-22(17-44-27)16-38(3)4)36-28(42)40-26(25-12-13-35-41(25)23-10-8-20(15-34)9-11-23)19(2)39(29(40)43)24-7-5-6-21(14-24)30(31,32)33/h5-14,17-18H,16H2,1-4H3,(H,36,42)/p+1. The average Bonchev–Trinajstić information content (AvgIpc) is 3.70. The molecular formula is C30H28F3N8O2S+. The van der Waals surface area contributed by atoms with Crippen molar-refractivity contribution in [3.63, 3.8) is 0 Å². The van der Waals surface area contributed by atoms with E-state index in [1.54, 1.807) is 44.2 Å². The van der Waals surface area contributed by atoms with Crippen molar-refractivity contribution >= 4 is 17.4 Å². The van der Waals surface area contributed by atoms with Crippen LogP contribution in [0.3, 0.4) is 0 Å². The van der Waals surface area contributed by atoms with Crippen LogP contribution in [-0.4, -0.2) is 44.0 Å². The summed E-state index contributed by atoms with van der Waals surface area (Å²) in [5.41, 5.74) is 0.681. The molecule has 5 aromatic rings. The number of quaternary nitrogens is 1. The first-order valence-electron chi connectivity index (χ1n) is 13.5. The first-order chi connectivity index (χ1) is 20.9. The maximum Gasteiger partial charge on any atom is 0.416 e. The number of carbonyl (C=O) groups excluding carboxylic acids is 1. The van der Waals surface area contributed by atoms with Gasteiger partial charge in [0, 0.05) is 5.38 Å². The van der Waals surface area contributed by atoms with E-state index in [1.807, 2.05) is 25.5 Å². The number of thiazole rings is 1. The Bertz CT molecular complexity index is 1930. The van der Waals surface area contributed by atoms with Crippen molar-refractivity contribution in [3.8, 4) is 28.8 Å². The summed E-state index contributed by atoms with van der Waals surface area (Å²) in [6.45, 7) is 3.99. The summed E-state index contributed by atoms with van der Waals surface area (Å²) in [6.07, 6.45) is -3.16. The van der Waals surface area contributed by atoms with Crippen LogP contribution in [0.5, 0.6) is 0 Å². The topological polar surface area (TPSA) is 115 Å². The number of benzene rings is 2. The van der Waals surface area contributed by atoms with Crippen molar-refractivity contribution in [2.75, 3.05) is 14.1 Å². The van der Waals surface area contributed by atoms with Crippen LogP contribution in [0.4, 0.5) is 18.0 Å². The highest BCUT2D eigenvalue weighted by Crippen LogP contribution is 2.32. The van der Waals surface area contributed by atoms with Gasteiger partial charge in [-0.1, -0.05) is 6.07 Å². The first-order valence-corrected chi connectivity index (χ1v) is 14.4. The minimum absolute atomic E-state index is 0.0524. The predicted molar refractivity (Wildman–Crippen MR) is 158 cm³/mol. The summed E-state index contributed by atoms with van der Waals surface area (Å²) in [5, 5.41) is 18.9. The second-order valence-electron chi connectivity index (χ2n) is 10.5. The van der Waals surface area contributed by atoms with E-state index in [-0.39, 0.29) is 17.1 Å². The Morgan fingerprint density at radius 1 is 1.14 bits per heavy atom. The molecule has 14 heteroatoms. The third kappa shape index (κ3) is 5.92. The van der Waals surface area contributed by atoms with Crippen LogP contribution >= 0.6 is 11.3 Å². The fourth-order valence-corrected chi connectivity index (χ4v) is 5.69. The molecule has 3 aromatic heterocycles. The number of carbonyl (C=O) groups is 1. The van der Waals surface area contributed by atoms with Gasteiger partial charge in [-0.25, -0.2) is 23.8 Å². The lowest BCUT2D eigenvalue weighted by atomic mass is 10.2. The van der Waals surface area contributed by atoms with Gasteiger partial charge in [-0.15, -0.1) is 11.3 Å². The molecule has 5 rings (SSSR count). The normalized spacial score (nSPS) is 12.3. The SMILES string of the molecule is Cc1c(-c2ccnn2-c2ccc(C#N)cc2)n(C(=O)NC(C)c2nc(C[NH+](C)C)cs2)c(=O)n1-c1cccc(C(F)(F)F)c1. The van der Waals surface area contributed by atoms with Gasteiger partial charge in [0.05, 0.1) is 66.3 Å². The minimum atomic E-state index is -4.64. The summed E-state index contributed by atoms with van der Waals surface area (Å²) in [4.78, 5) is 33.6. The Labute approximate surface area is 254 Å². The highest BCUT2D eigenvalue weighted by molar-refractivity contribution is 7.09. The number of halogens is 3. The third-order valence-corrected chi connectivity index (χ3v) is 7.94. The number of alkyl halides is 3. The summed E-state index contributed by atoms with van der Waals surface area (Å²) < 4.78 is 44.3. The Balaban J connectivity index is 1.65. The molecule has 1 amide bonds. The average molecular weight is 622 g/mol. The van der Waals surface area contributed by atoms with E-state index < -0.39 is 29.5 Å². The lowest BCUT2D eigenvalue weighted by Crippen LogP contribution is -3.04. The van der Waals surface area contributed by atoms with Crippen LogP contribution < -0.4 is 15.9 Å². The number of rotatable bonds is 7. The number of hydrogen-bond acceptors (Lipinski definition) is 6. The van der Waals surface area contributed by atoms with Crippen LogP contribution in [0.15, 0.2) is 71.0 Å². The lowest BCUT2D eigenvalue weighted by molar-refractivity contribution is -0.873. The van der Waals surface area contributed by atoms with Crippen molar-refractivity contribution in [2.45, 2.75) is 32.6 Å². The summed E-state index contributed by atoms with van der Waals surface area (Å²) in [5.74, 6) is 0. The van der Waals surface area contributed by atoms with E-state index in [0.717, 1.165) is 27.0 Å². The number of hydrogen-bond donors (Lipinski definition) is 2. The molecule has 0 spiro atoms. The Hall–Kier alpha value is -5.00. The highest BCUT2D eigenvalue weighted by atomic mass is 32.1. The van der Waals surface area contributed by atoms with Gasteiger partial charge < -0.3 is 10.2 Å². The zero-order valence-corrected chi connectivity index (χ0v) is 25.0. The molecule has 3 heterocycles. The number of aromatic nitrogens is 5. The number of nitrogens with one attached hydrogen (secondary N) is 2. The molecule has 0 aliphatic rings. The van der Waals surface area contributed by atoms with Crippen LogP contribution in [0.1, 0.15) is 40.5 Å². The van der Waals surface area contributed by atoms with E-state index >= 15 is 0 Å². The van der Waals surface area contributed by atoms with Gasteiger partial charge in [0.15, 0.2) is 0 Å². The molecule has 226 valence electrons. The molecule has 10 nitrogen and oxygen atoms in total. The molecular weight excluding hydrogens is 593 g/mol. The molecule has 0 saturated carbocycles. The van der Waals surface area contributed by atoms with Crippen LogP contribution in [0, 0.1) is 18.3 Å². The molecule has 1 atom stereocenters. The summed E-state index contributed by atoms with van der Waals surface area (Å²) in [6, 6.07) is 13.2. The maximum absolute atomic E-state index is 14.0. The quantitative estimate of drug-likeness (QED) is 0.284. The zero-order chi connectivity index (χ0) is 31.8. The molecule has 0 saturated heterocycles. The zero-order valence-electron chi connectivity index (χ0n) is 24.2. The minimum Gasteiger partial charge on any atom is -0.335 e. The molecule has 0 fully saturated rings. The monoisotopic (exact) mass is 621 g/mol. The van der Waals surface area contributed by atoms with Gasteiger partial charge >= 0.3 is 17.9 Å². The highest BCUT2D eigenvalue weighted by Gasteiger charge is 2.32. The molecule has 0 aliphatic carbocycles. The molecule has 0 aliphatic heterocycles. The smallest absolute Gasteiger partial charge is 0.335 e. The van der Waals surface area contributed by atoms with Crippen molar-refractivity contribution in [1.29, 1.82) is 5.26 Å². The Kier molecular flexibility index (Phi) is 8.27. The Morgan fingerprint density at radius 2 is 1.86 bits per heavy atom. The van der Waals surface area contributed by atoms with Crippen molar-refractivity contribution in [2.24, 2.45) is 0 Å². The first kappa shape index (κ1) is 30.5. The summed E-state index contributed by atoms with van der Waals surface area (Å²) in [7, 11) is 4.00. The number of imidazole rings is 1. The van der Waals surface area contributed by atoms with Gasteiger partial charge in [0.1, 0.15) is 22.9 Å². The van der Waals surface area contributed by atoms with Crippen molar-refractivity contribution in [1.82, 2.24) is 29.2 Å². The largest absolute Gasteiger partial charge is 0.416 e. The second kappa shape index (κ2) is 11.9. The molecule has 2 N–H and O–H groups in total. The number of nitrogens with zero attached hydrogens (tertiary/aromatic N) is 6. The van der Waals surface area contributed by atoms with Gasteiger partial charge in [0.2, 0.25) is 0 Å². The van der Waals surface area contributed by atoms with E-state index in [0.29, 0.717) is 28.5 Å². The van der Waals surface area contributed by atoms with Gasteiger partial charge in [-0.05, 0) is 62.4 Å². The van der Waals surface area contributed by atoms with Crippen molar-refractivity contribution in [3.05, 3.63) is 104 Å². The molecule has 44 heavy (non-hydrogen) atoms. The number of amides is 1. The summed E-state index contributed by atoms with van der Waals surface area (Å²) >= 11 is 1.38. The fraction of sp³-hybridized carbons (Fsp3) is 0.233. The van der Waals surface area contributed by atoms with Crippen molar-refractivity contribution < 1.29 is 22.9 Å². The maximum atomic E-state index is 14.0.